The van der Waals surface area contributed by atoms with Gasteiger partial charge >= 0.3 is 5.97 Å². The molecule has 2 aromatic rings. The molecular weight excluding hydrogens is 326 g/mol. The van der Waals surface area contributed by atoms with Crippen LogP contribution in [0.15, 0.2) is 54.6 Å². The smallest absolute Gasteiger partial charge is 0.338 e. The zero-order valence-electron chi connectivity index (χ0n) is 13.4. The van der Waals surface area contributed by atoms with Gasteiger partial charge in [0, 0.05) is 18.6 Å². The highest BCUT2D eigenvalue weighted by atomic mass is 16.6. The van der Waals surface area contributed by atoms with Crippen molar-refractivity contribution in [3.8, 4) is 0 Å². The number of nitro benzene ring substituents is 1. The van der Waals surface area contributed by atoms with Crippen LogP contribution < -0.4 is 0 Å². The van der Waals surface area contributed by atoms with E-state index in [1.165, 1.54) is 24.3 Å². The lowest BCUT2D eigenvalue weighted by Gasteiger charge is -2.12. The third-order valence-electron chi connectivity index (χ3n) is 3.38. The molecule has 2 aromatic carbocycles. The van der Waals surface area contributed by atoms with Crippen LogP contribution in [0.1, 0.15) is 22.3 Å². The van der Waals surface area contributed by atoms with Gasteiger partial charge < -0.3 is 9.47 Å². The van der Waals surface area contributed by atoms with Crippen LogP contribution in [0.3, 0.4) is 0 Å². The van der Waals surface area contributed by atoms with E-state index in [2.05, 4.69) is 0 Å². The van der Waals surface area contributed by atoms with Gasteiger partial charge in [0.1, 0.15) is 0 Å². The highest BCUT2D eigenvalue weighted by Crippen LogP contribution is 2.13. The van der Waals surface area contributed by atoms with E-state index in [1.54, 1.807) is 0 Å². The lowest BCUT2D eigenvalue weighted by atomic mass is 10.2. The first-order valence-electron chi connectivity index (χ1n) is 7.62. The van der Waals surface area contributed by atoms with Crippen LogP contribution in [-0.2, 0) is 20.9 Å². The van der Waals surface area contributed by atoms with Gasteiger partial charge in [-0.2, -0.15) is 0 Å². The summed E-state index contributed by atoms with van der Waals surface area (Å²) in [7, 11) is 0. The first-order valence-corrected chi connectivity index (χ1v) is 7.62. The minimum absolute atomic E-state index is 0.127. The minimum atomic E-state index is -0.932. The molecule has 7 nitrogen and oxygen atoms in total. The Morgan fingerprint density at radius 2 is 1.80 bits per heavy atom. The molecule has 130 valence electrons. The number of nitro groups is 1. The Balaban J connectivity index is 1.79. The largest absolute Gasteiger partial charge is 0.451 e. The predicted octanol–water partition coefficient (Wildman–Crippen LogP) is 2.93. The molecule has 0 heterocycles. The number of nitrogens with zero attached hydrogens (tertiary/aromatic N) is 1. The molecule has 0 saturated heterocycles. The van der Waals surface area contributed by atoms with Crippen LogP contribution in [0.25, 0.3) is 0 Å². The van der Waals surface area contributed by atoms with Crippen LogP contribution >= 0.6 is 0 Å². The first kappa shape index (κ1) is 18.3. The second kappa shape index (κ2) is 9.29. The van der Waals surface area contributed by atoms with Crippen molar-refractivity contribution in [2.24, 2.45) is 0 Å². The molecular formula is C18H17NO6. The van der Waals surface area contributed by atoms with Crippen LogP contribution in [0.5, 0.6) is 0 Å². The van der Waals surface area contributed by atoms with Gasteiger partial charge in [0.05, 0.1) is 23.7 Å². The second-order valence-electron chi connectivity index (χ2n) is 5.21. The standard InChI is InChI=1S/C18H17NO6/c20-12-17(10-11-24-13-14-4-2-1-3-5-14)25-18(21)15-6-8-16(9-7-15)19(22)23/h1-9,12,17H,10-11,13H2. The molecule has 1 unspecified atom stereocenters. The molecule has 0 aliphatic rings. The zero-order valence-corrected chi connectivity index (χ0v) is 13.4. The maximum atomic E-state index is 12.0. The van der Waals surface area contributed by atoms with E-state index in [0.717, 1.165) is 5.56 Å². The number of rotatable bonds is 9. The third-order valence-corrected chi connectivity index (χ3v) is 3.38. The van der Waals surface area contributed by atoms with E-state index >= 15 is 0 Å². The van der Waals surface area contributed by atoms with Gasteiger partial charge in [0.15, 0.2) is 12.4 Å². The van der Waals surface area contributed by atoms with E-state index in [0.29, 0.717) is 12.9 Å². The highest BCUT2D eigenvalue weighted by molar-refractivity contribution is 5.90. The second-order valence-corrected chi connectivity index (χ2v) is 5.21. The maximum absolute atomic E-state index is 12.0. The number of aldehydes is 1. The van der Waals surface area contributed by atoms with Crippen molar-refractivity contribution in [1.29, 1.82) is 0 Å². The van der Waals surface area contributed by atoms with Crippen LogP contribution in [0.4, 0.5) is 5.69 Å². The Hall–Kier alpha value is -3.06. The maximum Gasteiger partial charge on any atom is 0.338 e. The quantitative estimate of drug-likeness (QED) is 0.228. The summed E-state index contributed by atoms with van der Waals surface area (Å²) >= 11 is 0. The van der Waals surface area contributed by atoms with Crippen molar-refractivity contribution < 1.29 is 24.0 Å². The van der Waals surface area contributed by atoms with Crippen molar-refractivity contribution in [3.63, 3.8) is 0 Å². The van der Waals surface area contributed by atoms with Crippen LogP contribution in [0.2, 0.25) is 0 Å². The summed E-state index contributed by atoms with van der Waals surface area (Å²) in [5.41, 5.74) is 1.02. The number of benzene rings is 2. The summed E-state index contributed by atoms with van der Waals surface area (Å²) in [6.07, 6.45) is -0.164. The number of carbonyl (C=O) groups is 2. The Morgan fingerprint density at radius 3 is 2.40 bits per heavy atom. The summed E-state index contributed by atoms with van der Waals surface area (Å²) in [5, 5.41) is 10.6. The minimum Gasteiger partial charge on any atom is -0.451 e. The number of carbonyl (C=O) groups excluding carboxylic acids is 2. The summed E-state index contributed by atoms with van der Waals surface area (Å²) < 4.78 is 10.5. The average Bonchev–Trinajstić information content (AvgIpc) is 2.65. The molecule has 25 heavy (non-hydrogen) atoms. The van der Waals surface area contributed by atoms with Gasteiger partial charge in [-0.25, -0.2) is 4.79 Å². The number of hydrogen-bond acceptors (Lipinski definition) is 6. The molecule has 2 rings (SSSR count). The molecule has 0 aliphatic carbocycles. The Kier molecular flexibility index (Phi) is 6.79. The van der Waals surface area contributed by atoms with Gasteiger partial charge in [0.25, 0.3) is 5.69 Å². The van der Waals surface area contributed by atoms with E-state index in [9.17, 15) is 19.7 Å². The molecule has 0 N–H and O–H groups in total. The van der Waals surface area contributed by atoms with E-state index in [-0.39, 0.29) is 24.3 Å². The summed E-state index contributed by atoms with van der Waals surface area (Å²) in [5.74, 6) is -0.713. The van der Waals surface area contributed by atoms with Crippen molar-refractivity contribution in [2.75, 3.05) is 6.61 Å². The molecule has 0 aromatic heterocycles. The first-order chi connectivity index (χ1) is 12.1. The zero-order chi connectivity index (χ0) is 18.1. The van der Waals surface area contributed by atoms with Gasteiger partial charge in [0.2, 0.25) is 0 Å². The fraction of sp³-hybridized carbons (Fsp3) is 0.222. The number of non-ortho nitro benzene ring substituents is 1. The lowest BCUT2D eigenvalue weighted by Crippen LogP contribution is -2.21. The molecule has 0 bridgehead atoms. The fourth-order valence-electron chi connectivity index (χ4n) is 2.04. The summed E-state index contributed by atoms with van der Waals surface area (Å²) in [4.78, 5) is 33.0. The molecule has 1 atom stereocenters. The van der Waals surface area contributed by atoms with E-state index in [1.807, 2.05) is 30.3 Å². The SMILES string of the molecule is O=CC(CCOCc1ccccc1)OC(=O)c1ccc([N+](=O)[O-])cc1. The molecule has 0 radical (unpaired) electrons. The molecule has 0 saturated carbocycles. The summed E-state index contributed by atoms with van der Waals surface area (Å²) in [6.45, 7) is 0.661. The number of esters is 1. The summed E-state index contributed by atoms with van der Waals surface area (Å²) in [6, 6.07) is 14.5. The Bertz CT molecular complexity index is 714. The van der Waals surface area contributed by atoms with E-state index < -0.39 is 17.0 Å². The number of hydrogen-bond donors (Lipinski definition) is 0. The topological polar surface area (TPSA) is 95.7 Å². The van der Waals surface area contributed by atoms with Gasteiger partial charge in [-0.1, -0.05) is 30.3 Å². The Morgan fingerprint density at radius 1 is 1.12 bits per heavy atom. The van der Waals surface area contributed by atoms with E-state index in [4.69, 9.17) is 9.47 Å². The molecule has 0 fully saturated rings. The Labute approximate surface area is 144 Å². The molecule has 0 aliphatic heterocycles. The van der Waals surface area contributed by atoms with Gasteiger partial charge in [-0.05, 0) is 17.7 Å². The lowest BCUT2D eigenvalue weighted by molar-refractivity contribution is -0.384. The monoisotopic (exact) mass is 343 g/mol. The molecule has 7 heteroatoms. The van der Waals surface area contributed by atoms with Crippen LogP contribution in [0, 0.1) is 10.1 Å². The third kappa shape index (κ3) is 5.82. The normalized spacial score (nSPS) is 11.5. The molecule has 0 spiro atoms. The van der Waals surface area contributed by atoms with Gasteiger partial charge in [-0.3, -0.25) is 14.9 Å². The van der Waals surface area contributed by atoms with Crippen molar-refractivity contribution in [2.45, 2.75) is 19.1 Å². The van der Waals surface area contributed by atoms with Crippen molar-refractivity contribution in [1.82, 2.24) is 0 Å². The fourth-order valence-corrected chi connectivity index (χ4v) is 2.04. The predicted molar refractivity (Wildman–Crippen MR) is 89.1 cm³/mol. The number of ether oxygens (including phenoxy) is 2. The van der Waals surface area contributed by atoms with Gasteiger partial charge in [-0.15, -0.1) is 0 Å². The highest BCUT2D eigenvalue weighted by Gasteiger charge is 2.16. The van der Waals surface area contributed by atoms with Crippen LogP contribution in [-0.4, -0.2) is 29.9 Å². The van der Waals surface area contributed by atoms with Crippen molar-refractivity contribution >= 4 is 17.9 Å². The molecule has 0 amide bonds. The average molecular weight is 343 g/mol. The van der Waals surface area contributed by atoms with Crippen molar-refractivity contribution in [3.05, 3.63) is 75.8 Å².